The average molecular weight is 416 g/mol. The molecule has 29 heavy (non-hydrogen) atoms. The Balaban J connectivity index is 1.68. The van der Waals surface area contributed by atoms with E-state index in [0.29, 0.717) is 11.4 Å². The van der Waals surface area contributed by atoms with Crippen LogP contribution < -0.4 is 4.90 Å². The Labute approximate surface area is 169 Å². The van der Waals surface area contributed by atoms with E-state index in [9.17, 15) is 18.4 Å². The maximum absolute atomic E-state index is 14.0. The van der Waals surface area contributed by atoms with Crippen molar-refractivity contribution in [1.29, 1.82) is 0 Å². The van der Waals surface area contributed by atoms with E-state index in [1.165, 1.54) is 4.90 Å². The summed E-state index contributed by atoms with van der Waals surface area (Å²) in [5.41, 5.74) is 1.61. The van der Waals surface area contributed by atoms with Crippen LogP contribution in [0.25, 0.3) is 10.2 Å². The number of hydrogen-bond donors (Lipinski definition) is 0. The van der Waals surface area contributed by atoms with Crippen LogP contribution in [0.1, 0.15) is 23.9 Å². The first-order valence-electron chi connectivity index (χ1n) is 9.26. The lowest BCUT2D eigenvalue weighted by molar-refractivity contribution is -0.146. The molecule has 4 rings (SSSR count). The van der Waals surface area contributed by atoms with Crippen LogP contribution in [0.15, 0.2) is 36.4 Å². The van der Waals surface area contributed by atoms with Crippen LogP contribution in [-0.4, -0.2) is 23.5 Å². The molecule has 1 atom stereocenters. The van der Waals surface area contributed by atoms with Crippen LogP contribution >= 0.6 is 11.3 Å². The zero-order valence-corrected chi connectivity index (χ0v) is 16.5. The average Bonchev–Trinajstić information content (AvgIpc) is 3.13. The first kappa shape index (κ1) is 19.4. The molecule has 0 saturated heterocycles. The monoisotopic (exact) mass is 416 g/mol. The maximum Gasteiger partial charge on any atom is 0.306 e. The van der Waals surface area contributed by atoms with Crippen molar-refractivity contribution in [2.75, 3.05) is 11.5 Å². The predicted octanol–water partition coefficient (Wildman–Crippen LogP) is 4.23. The van der Waals surface area contributed by atoms with Gasteiger partial charge in [0.05, 0.1) is 30.2 Å². The number of rotatable bonds is 5. The highest BCUT2D eigenvalue weighted by molar-refractivity contribution is 7.18. The molecule has 5 nitrogen and oxygen atoms in total. The number of aromatic nitrogens is 1. The number of hydrogen-bond acceptors (Lipinski definition) is 5. The third kappa shape index (κ3) is 3.72. The molecule has 1 aliphatic rings. The molecule has 2 aromatic carbocycles. The zero-order chi connectivity index (χ0) is 20.5. The standard InChI is InChI=1S/C21H18F2N2O3S/c1-2-28-18(26)10-13-9-12-5-3-4-6-16(12)25(21(13)27)11-17-24-19-14(22)7-8-15(23)20(19)29-17/h3-8,13H,2,9-11H2,1H3. The molecule has 150 valence electrons. The molecule has 8 heteroatoms. The van der Waals surface area contributed by atoms with Gasteiger partial charge >= 0.3 is 5.97 Å². The number of para-hydroxylation sites is 1. The van der Waals surface area contributed by atoms with Crippen LogP contribution in [0, 0.1) is 17.6 Å². The number of ether oxygens (including phenoxy) is 1. The smallest absolute Gasteiger partial charge is 0.306 e. The number of thiazole rings is 1. The van der Waals surface area contributed by atoms with Crippen LogP contribution in [0.4, 0.5) is 14.5 Å². The highest BCUT2D eigenvalue weighted by atomic mass is 32.1. The van der Waals surface area contributed by atoms with E-state index in [1.807, 2.05) is 24.3 Å². The van der Waals surface area contributed by atoms with Gasteiger partial charge in [-0.15, -0.1) is 11.3 Å². The lowest BCUT2D eigenvalue weighted by Crippen LogP contribution is -2.41. The molecule has 1 aliphatic heterocycles. The van der Waals surface area contributed by atoms with E-state index >= 15 is 0 Å². The fraction of sp³-hybridized carbons (Fsp3) is 0.286. The first-order valence-corrected chi connectivity index (χ1v) is 10.1. The van der Waals surface area contributed by atoms with Crippen LogP contribution in [-0.2, 0) is 27.3 Å². The molecule has 0 N–H and O–H groups in total. The lowest BCUT2D eigenvalue weighted by atomic mass is 9.89. The summed E-state index contributed by atoms with van der Waals surface area (Å²) in [5.74, 6) is -2.34. The van der Waals surface area contributed by atoms with Crippen molar-refractivity contribution in [3.8, 4) is 0 Å². The predicted molar refractivity (Wildman–Crippen MR) is 106 cm³/mol. The van der Waals surface area contributed by atoms with Crippen molar-refractivity contribution >= 4 is 39.1 Å². The Hall–Kier alpha value is -2.87. The minimum Gasteiger partial charge on any atom is -0.466 e. The number of amides is 1. The fourth-order valence-corrected chi connectivity index (χ4v) is 4.55. The van der Waals surface area contributed by atoms with Crippen molar-refractivity contribution in [2.45, 2.75) is 26.3 Å². The summed E-state index contributed by atoms with van der Waals surface area (Å²) in [5, 5.41) is 0.420. The van der Waals surface area contributed by atoms with Gasteiger partial charge in [-0.25, -0.2) is 13.8 Å². The normalized spacial score (nSPS) is 16.2. The molecule has 0 aliphatic carbocycles. The zero-order valence-electron chi connectivity index (χ0n) is 15.7. The van der Waals surface area contributed by atoms with Crippen molar-refractivity contribution in [3.05, 3.63) is 58.6 Å². The number of benzene rings is 2. The molecule has 1 amide bonds. The third-order valence-corrected chi connectivity index (χ3v) is 5.91. The van der Waals surface area contributed by atoms with Gasteiger partial charge in [-0.1, -0.05) is 18.2 Å². The Kier molecular flexibility index (Phi) is 5.27. The molecular formula is C21H18F2N2O3S. The molecule has 0 spiro atoms. The number of halogens is 2. The van der Waals surface area contributed by atoms with E-state index in [1.54, 1.807) is 6.92 Å². The molecule has 0 saturated carbocycles. The number of anilines is 1. The van der Waals surface area contributed by atoms with E-state index in [4.69, 9.17) is 4.74 Å². The summed E-state index contributed by atoms with van der Waals surface area (Å²) in [7, 11) is 0. The number of esters is 1. The Morgan fingerprint density at radius 1 is 1.24 bits per heavy atom. The van der Waals surface area contributed by atoms with Crippen molar-refractivity contribution in [3.63, 3.8) is 0 Å². The van der Waals surface area contributed by atoms with Gasteiger partial charge in [-0.05, 0) is 37.1 Å². The van der Waals surface area contributed by atoms with Gasteiger partial charge < -0.3 is 9.64 Å². The largest absolute Gasteiger partial charge is 0.466 e. The number of fused-ring (bicyclic) bond motifs is 2. The molecule has 0 radical (unpaired) electrons. The fourth-order valence-electron chi connectivity index (χ4n) is 3.57. The molecule has 2 heterocycles. The second-order valence-electron chi connectivity index (χ2n) is 6.78. The van der Waals surface area contributed by atoms with Gasteiger partial charge in [-0.2, -0.15) is 0 Å². The maximum atomic E-state index is 14.0. The first-order chi connectivity index (χ1) is 14.0. The Morgan fingerprint density at radius 3 is 2.76 bits per heavy atom. The topological polar surface area (TPSA) is 59.5 Å². The summed E-state index contributed by atoms with van der Waals surface area (Å²) in [6, 6.07) is 9.53. The second-order valence-corrected chi connectivity index (χ2v) is 7.86. The second kappa shape index (κ2) is 7.87. The van der Waals surface area contributed by atoms with E-state index in [2.05, 4.69) is 4.98 Å². The van der Waals surface area contributed by atoms with Gasteiger partial charge in [0.1, 0.15) is 16.3 Å². The molecule has 0 fully saturated rings. The number of carbonyl (C=O) groups is 2. The molecule has 1 unspecified atom stereocenters. The van der Waals surface area contributed by atoms with Crippen LogP contribution in [0.2, 0.25) is 0 Å². The summed E-state index contributed by atoms with van der Waals surface area (Å²) >= 11 is 1.02. The molecular weight excluding hydrogens is 398 g/mol. The van der Waals surface area contributed by atoms with Gasteiger partial charge in [0.15, 0.2) is 5.82 Å². The van der Waals surface area contributed by atoms with Gasteiger partial charge in [0.2, 0.25) is 5.91 Å². The Bertz CT molecular complexity index is 1060. The van der Waals surface area contributed by atoms with Crippen molar-refractivity contribution in [1.82, 2.24) is 4.98 Å². The van der Waals surface area contributed by atoms with Gasteiger partial charge in [-0.3, -0.25) is 9.59 Å². The van der Waals surface area contributed by atoms with E-state index < -0.39 is 23.5 Å². The minimum absolute atomic E-state index is 0.0133. The molecule has 3 aromatic rings. The van der Waals surface area contributed by atoms with E-state index in [0.717, 1.165) is 34.7 Å². The highest BCUT2D eigenvalue weighted by Gasteiger charge is 2.35. The Morgan fingerprint density at radius 2 is 2.00 bits per heavy atom. The van der Waals surface area contributed by atoms with Crippen molar-refractivity contribution in [2.24, 2.45) is 5.92 Å². The third-order valence-electron chi connectivity index (χ3n) is 4.87. The van der Waals surface area contributed by atoms with Crippen LogP contribution in [0.5, 0.6) is 0 Å². The minimum atomic E-state index is -0.602. The van der Waals surface area contributed by atoms with Crippen molar-refractivity contribution < 1.29 is 23.1 Å². The SMILES string of the molecule is CCOC(=O)CC1Cc2ccccc2N(Cc2nc3c(F)ccc(F)c3s2)C1=O. The number of carbonyl (C=O) groups excluding carboxylic acids is 2. The number of nitrogens with zero attached hydrogens (tertiary/aromatic N) is 2. The van der Waals surface area contributed by atoms with Gasteiger partial charge in [0, 0.05) is 5.69 Å². The lowest BCUT2D eigenvalue weighted by Gasteiger charge is -2.33. The summed E-state index contributed by atoms with van der Waals surface area (Å²) in [4.78, 5) is 30.8. The summed E-state index contributed by atoms with van der Waals surface area (Å²) < 4.78 is 33.1. The van der Waals surface area contributed by atoms with Gasteiger partial charge in [0.25, 0.3) is 0 Å². The molecule has 0 bridgehead atoms. The van der Waals surface area contributed by atoms with Crippen LogP contribution in [0.3, 0.4) is 0 Å². The highest BCUT2D eigenvalue weighted by Crippen LogP contribution is 2.35. The molecule has 1 aromatic heterocycles. The summed E-state index contributed by atoms with van der Waals surface area (Å²) in [6.45, 7) is 2.05. The quantitative estimate of drug-likeness (QED) is 0.584. The van der Waals surface area contributed by atoms with E-state index in [-0.39, 0.29) is 35.7 Å². The summed E-state index contributed by atoms with van der Waals surface area (Å²) in [6.07, 6.45) is 0.425.